The van der Waals surface area contributed by atoms with E-state index in [4.69, 9.17) is 26.6 Å². The number of carbonyl (C=O) groups is 2. The van der Waals surface area contributed by atoms with Gasteiger partial charge in [0.1, 0.15) is 0 Å². The lowest BCUT2D eigenvalue weighted by atomic mass is 9.99. The van der Waals surface area contributed by atoms with Gasteiger partial charge in [-0.15, -0.1) is 5.10 Å². The van der Waals surface area contributed by atoms with E-state index in [1.165, 1.54) is 24.3 Å². The molecule has 0 aliphatic heterocycles. The van der Waals surface area contributed by atoms with Gasteiger partial charge in [0.15, 0.2) is 11.4 Å². The first-order valence-electron chi connectivity index (χ1n) is 8.03. The Morgan fingerprint density at radius 2 is 1.29 bits per heavy atom. The van der Waals surface area contributed by atoms with Crippen LogP contribution in [0, 0.1) is 0 Å². The molecule has 0 bridgehead atoms. The molecular weight excluding hydrogens is 453 g/mol. The van der Waals surface area contributed by atoms with Crippen molar-refractivity contribution in [2.24, 2.45) is 0 Å². The number of alkyl halides is 5. The van der Waals surface area contributed by atoms with Gasteiger partial charge < -0.3 is 10.2 Å². The second kappa shape index (κ2) is 9.08. The van der Waals surface area contributed by atoms with Crippen molar-refractivity contribution in [1.82, 2.24) is 15.4 Å². The van der Waals surface area contributed by atoms with Crippen LogP contribution in [0.25, 0.3) is 11.1 Å². The van der Waals surface area contributed by atoms with E-state index in [0.29, 0.717) is 5.02 Å². The zero-order valence-electron chi connectivity index (χ0n) is 15.0. The monoisotopic (exact) mass is 463 g/mol. The van der Waals surface area contributed by atoms with Crippen LogP contribution >= 0.6 is 11.6 Å². The van der Waals surface area contributed by atoms with Crippen molar-refractivity contribution in [2.45, 2.75) is 12.1 Å². The van der Waals surface area contributed by atoms with Gasteiger partial charge in [0.2, 0.25) is 0 Å². The maximum absolute atomic E-state index is 14.5. The normalized spacial score (nSPS) is 11.4. The number of hydrogen-bond donors (Lipinski definition) is 3. The smallest absolute Gasteiger partial charge is 0.476 e. The van der Waals surface area contributed by atoms with Crippen LogP contribution in [0.3, 0.4) is 0 Å². The Balaban J connectivity index is 0.000000423. The van der Waals surface area contributed by atoms with Gasteiger partial charge in [-0.1, -0.05) is 48.0 Å². The zero-order valence-corrected chi connectivity index (χ0v) is 15.7. The zero-order chi connectivity index (χ0) is 23.4. The molecule has 0 aliphatic rings. The van der Waals surface area contributed by atoms with Crippen molar-refractivity contribution in [2.75, 3.05) is 0 Å². The molecule has 0 saturated heterocycles. The summed E-state index contributed by atoms with van der Waals surface area (Å²) in [5.41, 5.74) is -0.556. The maximum atomic E-state index is 14.5. The van der Waals surface area contributed by atoms with Crippen molar-refractivity contribution in [3.8, 4) is 11.1 Å². The lowest BCUT2D eigenvalue weighted by Gasteiger charge is -2.15. The number of benzene rings is 2. The maximum Gasteiger partial charge on any atom is 0.490 e. The molecule has 0 atom stereocenters. The van der Waals surface area contributed by atoms with Crippen LogP contribution in [0.15, 0.2) is 48.5 Å². The van der Waals surface area contributed by atoms with E-state index in [-0.39, 0.29) is 5.56 Å². The number of nitrogens with zero attached hydrogens (tertiary/aromatic N) is 2. The largest absolute Gasteiger partial charge is 0.490 e. The standard InChI is InChI=1S/C16H10ClF2N3O2.C2HF3O2/c17-12-7-3-10(4-8-12)9-1-5-11(6-2-9)16(18,19)14-13(15(23)24)20-22-21-14;3-2(4,5)1(6)7/h1-8H,(H,23,24)(H,20,21,22);(H,6,7). The number of hydrogen-bond acceptors (Lipinski definition) is 4. The average molecular weight is 464 g/mol. The number of nitrogens with one attached hydrogen (secondary N) is 1. The molecule has 0 spiro atoms. The summed E-state index contributed by atoms with van der Waals surface area (Å²) < 4.78 is 60.8. The molecule has 13 heteroatoms. The first kappa shape index (κ1) is 23.7. The van der Waals surface area contributed by atoms with Crippen molar-refractivity contribution in [3.05, 3.63) is 70.5 Å². The molecule has 3 N–H and O–H groups in total. The molecule has 0 aliphatic carbocycles. The molecule has 0 fully saturated rings. The van der Waals surface area contributed by atoms with Crippen LogP contribution in [0.4, 0.5) is 22.0 Å². The van der Waals surface area contributed by atoms with Crippen molar-refractivity contribution >= 4 is 23.5 Å². The summed E-state index contributed by atoms with van der Waals surface area (Å²) in [6.45, 7) is 0. The van der Waals surface area contributed by atoms with Crippen LogP contribution < -0.4 is 0 Å². The molecule has 2 aromatic carbocycles. The molecule has 3 aromatic rings. The summed E-state index contributed by atoms with van der Waals surface area (Å²) in [6.07, 6.45) is -5.08. The molecule has 0 amide bonds. The Hall–Kier alpha value is -3.54. The molecule has 0 radical (unpaired) electrons. The Kier molecular flexibility index (Phi) is 6.95. The van der Waals surface area contributed by atoms with Crippen molar-refractivity contribution < 1.29 is 41.8 Å². The average Bonchev–Trinajstić information content (AvgIpc) is 3.20. The Morgan fingerprint density at radius 3 is 1.71 bits per heavy atom. The molecule has 164 valence electrons. The first-order valence-corrected chi connectivity index (χ1v) is 8.40. The number of aromatic carboxylic acids is 1. The minimum Gasteiger partial charge on any atom is -0.476 e. The van der Waals surface area contributed by atoms with E-state index in [9.17, 15) is 26.7 Å². The minimum atomic E-state index is -5.08. The number of carboxylic acid groups (broad SMARTS) is 2. The minimum absolute atomic E-state index is 0.378. The highest BCUT2D eigenvalue weighted by Gasteiger charge is 2.41. The Labute approximate surface area is 175 Å². The number of H-pyrrole nitrogens is 1. The molecule has 3 rings (SSSR count). The van der Waals surface area contributed by atoms with Gasteiger partial charge in [0.25, 0.3) is 0 Å². The number of halogens is 6. The molecule has 31 heavy (non-hydrogen) atoms. The molecule has 1 aromatic heterocycles. The van der Waals surface area contributed by atoms with Crippen LogP contribution in [0.5, 0.6) is 0 Å². The summed E-state index contributed by atoms with van der Waals surface area (Å²) in [5.74, 6) is -7.91. The third kappa shape index (κ3) is 5.75. The van der Waals surface area contributed by atoms with E-state index in [0.717, 1.165) is 11.1 Å². The number of carboxylic acids is 2. The topological polar surface area (TPSA) is 116 Å². The van der Waals surface area contributed by atoms with E-state index in [1.807, 2.05) is 5.21 Å². The fourth-order valence-electron chi connectivity index (χ4n) is 2.25. The molecule has 0 unspecified atom stereocenters. The number of rotatable bonds is 4. The Morgan fingerprint density at radius 1 is 0.839 bits per heavy atom. The van der Waals surface area contributed by atoms with Gasteiger partial charge in [0.05, 0.1) is 0 Å². The van der Waals surface area contributed by atoms with E-state index in [2.05, 4.69) is 10.2 Å². The van der Waals surface area contributed by atoms with Crippen molar-refractivity contribution in [3.63, 3.8) is 0 Å². The first-order chi connectivity index (χ1) is 14.3. The second-order valence-corrected chi connectivity index (χ2v) is 6.22. The molecule has 1 heterocycles. The van der Waals surface area contributed by atoms with Crippen LogP contribution in [0.2, 0.25) is 5.02 Å². The number of aliphatic carboxylic acids is 1. The fraction of sp³-hybridized carbons (Fsp3) is 0.111. The van der Waals surface area contributed by atoms with Gasteiger partial charge in [-0.25, -0.2) is 9.59 Å². The van der Waals surface area contributed by atoms with Crippen LogP contribution in [0.1, 0.15) is 21.7 Å². The highest BCUT2D eigenvalue weighted by molar-refractivity contribution is 6.30. The fourth-order valence-corrected chi connectivity index (χ4v) is 2.38. The van der Waals surface area contributed by atoms with E-state index >= 15 is 0 Å². The molecule has 7 nitrogen and oxygen atoms in total. The van der Waals surface area contributed by atoms with E-state index < -0.39 is 35.4 Å². The predicted molar refractivity (Wildman–Crippen MR) is 96.9 cm³/mol. The SMILES string of the molecule is O=C(O)C(F)(F)F.O=C(O)c1n[nH]nc1C(F)(F)c1ccc(-c2ccc(Cl)cc2)cc1. The molecular formula is C18H11ClF5N3O4. The predicted octanol–water partition coefficient (Wildman–Crippen LogP) is 4.60. The quantitative estimate of drug-likeness (QED) is 0.487. The third-order valence-electron chi connectivity index (χ3n) is 3.72. The van der Waals surface area contributed by atoms with Gasteiger partial charge in [-0.3, -0.25) is 0 Å². The summed E-state index contributed by atoms with van der Waals surface area (Å²) >= 11 is 5.82. The van der Waals surface area contributed by atoms with Gasteiger partial charge in [-0.2, -0.15) is 32.3 Å². The van der Waals surface area contributed by atoms with Gasteiger partial charge >= 0.3 is 24.0 Å². The van der Waals surface area contributed by atoms with Gasteiger partial charge in [-0.05, 0) is 23.3 Å². The third-order valence-corrected chi connectivity index (χ3v) is 3.97. The second-order valence-electron chi connectivity index (χ2n) is 5.79. The lowest BCUT2D eigenvalue weighted by Crippen LogP contribution is -2.21. The molecule has 0 saturated carbocycles. The lowest BCUT2D eigenvalue weighted by molar-refractivity contribution is -0.192. The van der Waals surface area contributed by atoms with Crippen LogP contribution in [-0.2, 0) is 10.7 Å². The summed E-state index contributed by atoms with van der Waals surface area (Å²) in [7, 11) is 0. The summed E-state index contributed by atoms with van der Waals surface area (Å²) in [5, 5.41) is 25.1. The number of aromatic amines is 1. The van der Waals surface area contributed by atoms with E-state index in [1.54, 1.807) is 24.3 Å². The summed E-state index contributed by atoms with van der Waals surface area (Å²) in [4.78, 5) is 19.9. The number of aromatic nitrogens is 3. The highest BCUT2D eigenvalue weighted by Crippen LogP contribution is 2.36. The highest BCUT2D eigenvalue weighted by atomic mass is 35.5. The summed E-state index contributed by atoms with van der Waals surface area (Å²) in [6, 6.07) is 12.4. The van der Waals surface area contributed by atoms with Crippen molar-refractivity contribution in [1.29, 1.82) is 0 Å². The van der Waals surface area contributed by atoms with Gasteiger partial charge in [0, 0.05) is 10.6 Å². The van der Waals surface area contributed by atoms with Crippen LogP contribution in [-0.4, -0.2) is 43.7 Å². The Bertz CT molecular complexity index is 1070.